The van der Waals surface area contributed by atoms with Crippen molar-refractivity contribution in [3.05, 3.63) is 0 Å². The van der Waals surface area contributed by atoms with Crippen LogP contribution in [0.5, 0.6) is 0 Å². The van der Waals surface area contributed by atoms with Crippen molar-refractivity contribution < 1.29 is 22.7 Å². The van der Waals surface area contributed by atoms with Crippen LogP contribution in [0.15, 0.2) is 0 Å². The molecule has 1 saturated carbocycles. The summed E-state index contributed by atoms with van der Waals surface area (Å²) < 4.78 is 41.1. The van der Waals surface area contributed by atoms with Crippen LogP contribution in [0, 0.1) is 0 Å². The summed E-state index contributed by atoms with van der Waals surface area (Å²) >= 11 is 0. The molecule has 20 heavy (non-hydrogen) atoms. The molecule has 4 nitrogen and oxygen atoms in total. The molecule has 0 aromatic carbocycles. The smallest absolute Gasteiger partial charge is 0.369 e. The highest BCUT2D eigenvalue weighted by molar-refractivity contribution is 5.77. The Morgan fingerprint density at radius 3 is 2.55 bits per heavy atom. The summed E-state index contributed by atoms with van der Waals surface area (Å²) in [5.41, 5.74) is 5.16. The number of ether oxygens (including phenoxy) is 1. The fourth-order valence-electron chi connectivity index (χ4n) is 2.33. The first kappa shape index (κ1) is 17.2. The monoisotopic (exact) mass is 296 g/mol. The summed E-state index contributed by atoms with van der Waals surface area (Å²) in [6.45, 7) is 2.28. The van der Waals surface area contributed by atoms with Crippen LogP contribution in [0.1, 0.15) is 46.0 Å². The maximum atomic E-state index is 12.1. The van der Waals surface area contributed by atoms with Crippen molar-refractivity contribution in [3.63, 3.8) is 0 Å². The molecule has 7 heteroatoms. The number of rotatable bonds is 5. The van der Waals surface area contributed by atoms with Gasteiger partial charge < -0.3 is 15.8 Å². The highest BCUT2D eigenvalue weighted by Gasteiger charge is 2.31. The third kappa shape index (κ3) is 7.69. The second-order valence-electron chi connectivity index (χ2n) is 6.14. The first-order valence-corrected chi connectivity index (χ1v) is 6.82. The Morgan fingerprint density at radius 2 is 2.00 bits per heavy atom. The number of hydrogen-bond acceptors (Lipinski definition) is 3. The predicted octanol–water partition coefficient (Wildman–Crippen LogP) is 2.12. The summed E-state index contributed by atoms with van der Waals surface area (Å²) in [4.78, 5) is 11.7. The number of carbonyl (C=O) groups is 1. The molecule has 0 bridgehead atoms. The molecule has 2 unspecified atom stereocenters. The van der Waals surface area contributed by atoms with Crippen molar-refractivity contribution in [1.82, 2.24) is 5.32 Å². The lowest BCUT2D eigenvalue weighted by Crippen LogP contribution is -2.45. The van der Waals surface area contributed by atoms with Gasteiger partial charge in [-0.2, -0.15) is 13.2 Å². The summed E-state index contributed by atoms with van der Waals surface area (Å²) in [5, 5.41) is 2.82. The molecule has 1 rings (SSSR count). The molecular formula is C13H23F3N2O2. The number of alkyl halides is 3. The van der Waals surface area contributed by atoms with E-state index in [-0.39, 0.29) is 18.4 Å². The van der Waals surface area contributed by atoms with Crippen molar-refractivity contribution >= 4 is 5.91 Å². The van der Waals surface area contributed by atoms with Crippen LogP contribution in [-0.2, 0) is 9.53 Å². The minimum Gasteiger partial charge on any atom is -0.369 e. The van der Waals surface area contributed by atoms with Crippen LogP contribution >= 0.6 is 0 Å². The molecule has 0 heterocycles. The standard InChI is InChI=1S/C13H23F3N2O2/c1-12(2,17)7-11(19)18-9-4-3-5-10(6-9)20-8-13(14,15)16/h9-10H,3-8,17H2,1-2H3,(H,18,19). The molecule has 0 aromatic heterocycles. The van der Waals surface area contributed by atoms with E-state index in [0.717, 1.165) is 12.8 Å². The lowest BCUT2D eigenvalue weighted by atomic mass is 9.92. The summed E-state index contributed by atoms with van der Waals surface area (Å²) in [5.74, 6) is -0.168. The molecule has 1 fully saturated rings. The first-order chi connectivity index (χ1) is 9.05. The molecule has 0 aliphatic heterocycles. The third-order valence-electron chi connectivity index (χ3n) is 3.09. The van der Waals surface area contributed by atoms with Gasteiger partial charge in [0, 0.05) is 18.0 Å². The molecule has 1 aliphatic rings. The van der Waals surface area contributed by atoms with E-state index in [0.29, 0.717) is 12.8 Å². The maximum absolute atomic E-state index is 12.1. The van der Waals surface area contributed by atoms with Crippen LogP contribution in [0.3, 0.4) is 0 Å². The van der Waals surface area contributed by atoms with E-state index in [2.05, 4.69) is 5.32 Å². The van der Waals surface area contributed by atoms with Gasteiger partial charge >= 0.3 is 6.18 Å². The zero-order valence-electron chi connectivity index (χ0n) is 11.9. The lowest BCUT2D eigenvalue weighted by molar-refractivity contribution is -0.188. The van der Waals surface area contributed by atoms with Gasteiger partial charge in [0.25, 0.3) is 0 Å². The van der Waals surface area contributed by atoms with Crippen molar-refractivity contribution in [3.8, 4) is 0 Å². The average Bonchev–Trinajstić information content (AvgIpc) is 2.23. The van der Waals surface area contributed by atoms with Crippen LogP contribution in [0.2, 0.25) is 0 Å². The Kier molecular flexibility index (Phi) is 5.82. The Hall–Kier alpha value is -0.820. The van der Waals surface area contributed by atoms with E-state index in [1.54, 1.807) is 13.8 Å². The van der Waals surface area contributed by atoms with Gasteiger partial charge in [0.1, 0.15) is 6.61 Å². The zero-order valence-corrected chi connectivity index (χ0v) is 11.9. The van der Waals surface area contributed by atoms with Gasteiger partial charge in [0.2, 0.25) is 5.91 Å². The molecule has 0 radical (unpaired) electrons. The van der Waals surface area contributed by atoms with Crippen LogP contribution in [-0.4, -0.2) is 36.4 Å². The number of nitrogens with two attached hydrogens (primary N) is 1. The molecule has 2 atom stereocenters. The van der Waals surface area contributed by atoms with Crippen molar-refractivity contribution in [2.75, 3.05) is 6.61 Å². The van der Waals surface area contributed by atoms with Gasteiger partial charge in [-0.15, -0.1) is 0 Å². The summed E-state index contributed by atoms with van der Waals surface area (Å²) in [6.07, 6.45) is -2.02. The van der Waals surface area contributed by atoms with Crippen molar-refractivity contribution in [2.45, 2.75) is 69.8 Å². The van der Waals surface area contributed by atoms with Gasteiger partial charge in [-0.3, -0.25) is 4.79 Å². The van der Waals surface area contributed by atoms with Gasteiger partial charge in [0.15, 0.2) is 0 Å². The Labute approximate surface area is 117 Å². The highest BCUT2D eigenvalue weighted by atomic mass is 19.4. The summed E-state index contributed by atoms with van der Waals surface area (Å²) in [7, 11) is 0. The van der Waals surface area contributed by atoms with Crippen LogP contribution in [0.4, 0.5) is 13.2 Å². The lowest BCUT2D eigenvalue weighted by Gasteiger charge is -2.30. The average molecular weight is 296 g/mol. The van der Waals surface area contributed by atoms with Gasteiger partial charge in [-0.05, 0) is 39.5 Å². The second kappa shape index (κ2) is 6.76. The molecule has 1 amide bonds. The molecular weight excluding hydrogens is 273 g/mol. The minimum absolute atomic E-state index is 0.128. The fourth-order valence-corrected chi connectivity index (χ4v) is 2.33. The molecule has 118 valence electrons. The first-order valence-electron chi connectivity index (χ1n) is 6.82. The molecule has 0 spiro atoms. The molecule has 0 saturated heterocycles. The van der Waals surface area contributed by atoms with E-state index in [9.17, 15) is 18.0 Å². The van der Waals surface area contributed by atoms with E-state index in [1.165, 1.54) is 0 Å². The normalized spacial score (nSPS) is 24.5. The number of amides is 1. The van der Waals surface area contributed by atoms with E-state index in [4.69, 9.17) is 10.5 Å². The highest BCUT2D eigenvalue weighted by Crippen LogP contribution is 2.24. The Balaban J connectivity index is 2.35. The number of nitrogens with one attached hydrogen (secondary N) is 1. The zero-order chi connectivity index (χ0) is 15.4. The fraction of sp³-hybridized carbons (Fsp3) is 0.923. The van der Waals surface area contributed by atoms with E-state index >= 15 is 0 Å². The second-order valence-corrected chi connectivity index (χ2v) is 6.14. The molecule has 1 aliphatic carbocycles. The van der Waals surface area contributed by atoms with Crippen LogP contribution in [0.25, 0.3) is 0 Å². The number of halogens is 3. The minimum atomic E-state index is -4.31. The summed E-state index contributed by atoms with van der Waals surface area (Å²) in [6, 6.07) is -0.128. The van der Waals surface area contributed by atoms with Gasteiger partial charge in [0.05, 0.1) is 6.10 Å². The topological polar surface area (TPSA) is 64.4 Å². The Bertz CT molecular complexity index is 327. The number of carbonyl (C=O) groups excluding carboxylic acids is 1. The largest absolute Gasteiger partial charge is 0.411 e. The Morgan fingerprint density at radius 1 is 1.35 bits per heavy atom. The van der Waals surface area contributed by atoms with Gasteiger partial charge in [-0.1, -0.05) is 0 Å². The molecule has 0 aromatic rings. The third-order valence-corrected chi connectivity index (χ3v) is 3.09. The maximum Gasteiger partial charge on any atom is 0.411 e. The van der Waals surface area contributed by atoms with Gasteiger partial charge in [-0.25, -0.2) is 0 Å². The van der Waals surface area contributed by atoms with Crippen LogP contribution < -0.4 is 11.1 Å². The predicted molar refractivity (Wildman–Crippen MR) is 69.1 cm³/mol. The number of hydrogen-bond donors (Lipinski definition) is 2. The van der Waals surface area contributed by atoms with E-state index < -0.39 is 24.4 Å². The quantitative estimate of drug-likeness (QED) is 0.817. The SMILES string of the molecule is CC(C)(N)CC(=O)NC1CCCC(OCC(F)(F)F)C1. The van der Waals surface area contributed by atoms with E-state index in [1.807, 2.05) is 0 Å². The van der Waals surface area contributed by atoms with Crippen molar-refractivity contribution in [1.29, 1.82) is 0 Å². The molecule has 3 N–H and O–H groups in total. The van der Waals surface area contributed by atoms with Crippen molar-refractivity contribution in [2.24, 2.45) is 5.73 Å².